The quantitative estimate of drug-likeness (QED) is 0.833. The molecule has 7 nitrogen and oxygen atoms in total. The number of amides is 3. The normalized spacial score (nSPS) is 11.0. The third kappa shape index (κ3) is 5.70. The van der Waals surface area contributed by atoms with E-state index in [0.29, 0.717) is 12.2 Å². The number of aromatic nitrogens is 2. The molecule has 1 heterocycles. The Morgan fingerprint density at radius 1 is 1.27 bits per heavy atom. The van der Waals surface area contributed by atoms with E-state index in [1.165, 1.54) is 0 Å². The minimum absolute atomic E-state index is 0.132. The van der Waals surface area contributed by atoms with Crippen LogP contribution in [0.15, 0.2) is 30.6 Å². The molecule has 2 rings (SSSR count). The topological polar surface area (TPSA) is 79.3 Å². The molecule has 3 amide bonds. The van der Waals surface area contributed by atoms with Gasteiger partial charge in [0.25, 0.3) is 0 Å². The van der Waals surface area contributed by atoms with Gasteiger partial charge in [-0.2, -0.15) is 5.10 Å². The molecule has 0 radical (unpaired) electrons. The molecule has 7 heteroatoms. The number of urea groups is 1. The van der Waals surface area contributed by atoms with Gasteiger partial charge in [-0.1, -0.05) is 17.7 Å². The molecule has 0 saturated carbocycles. The smallest absolute Gasteiger partial charge is 0.307 e. The van der Waals surface area contributed by atoms with Crippen LogP contribution in [0.25, 0.3) is 0 Å². The van der Waals surface area contributed by atoms with E-state index in [0.717, 1.165) is 16.7 Å². The van der Waals surface area contributed by atoms with Crippen molar-refractivity contribution >= 4 is 17.6 Å². The summed E-state index contributed by atoms with van der Waals surface area (Å²) in [6.45, 7) is 8.66. The van der Waals surface area contributed by atoms with Gasteiger partial charge in [0.2, 0.25) is 5.91 Å². The fourth-order valence-electron chi connectivity index (χ4n) is 2.67. The molecular formula is C19H27N5O2. The highest BCUT2D eigenvalue weighted by atomic mass is 16.2. The lowest BCUT2D eigenvalue weighted by atomic mass is 10.1. The molecule has 0 atom stereocenters. The number of nitrogens with one attached hydrogen (secondary N) is 2. The summed E-state index contributed by atoms with van der Waals surface area (Å²) in [5.74, 6) is -0.343. The van der Waals surface area contributed by atoms with Gasteiger partial charge >= 0.3 is 6.03 Å². The van der Waals surface area contributed by atoms with Gasteiger partial charge in [-0.25, -0.2) is 4.79 Å². The van der Waals surface area contributed by atoms with Gasteiger partial charge in [-0.05, 0) is 39.3 Å². The number of benzene rings is 1. The van der Waals surface area contributed by atoms with E-state index in [9.17, 15) is 9.59 Å². The van der Waals surface area contributed by atoms with Crippen LogP contribution in [-0.2, 0) is 18.4 Å². The molecule has 1 aromatic heterocycles. The number of anilines is 1. The lowest BCUT2D eigenvalue weighted by molar-refractivity contribution is -0.121. The van der Waals surface area contributed by atoms with Crippen molar-refractivity contribution in [1.29, 1.82) is 0 Å². The second-order valence-electron chi connectivity index (χ2n) is 6.84. The molecule has 0 unspecified atom stereocenters. The zero-order chi connectivity index (χ0) is 19.3. The second kappa shape index (κ2) is 8.62. The van der Waals surface area contributed by atoms with Crippen LogP contribution in [0, 0.1) is 13.8 Å². The van der Waals surface area contributed by atoms with Crippen molar-refractivity contribution in [2.75, 3.05) is 11.9 Å². The molecular weight excluding hydrogens is 330 g/mol. The first-order valence-electron chi connectivity index (χ1n) is 8.64. The Morgan fingerprint density at radius 3 is 2.58 bits per heavy atom. The average Bonchev–Trinajstić information content (AvgIpc) is 2.94. The zero-order valence-electron chi connectivity index (χ0n) is 16.0. The van der Waals surface area contributed by atoms with Gasteiger partial charge < -0.3 is 5.32 Å². The first kappa shape index (κ1) is 19.7. The third-order valence-electron chi connectivity index (χ3n) is 4.10. The highest BCUT2D eigenvalue weighted by Gasteiger charge is 2.17. The first-order valence-corrected chi connectivity index (χ1v) is 8.64. The lowest BCUT2D eigenvalue weighted by Gasteiger charge is -2.25. The van der Waals surface area contributed by atoms with Crippen molar-refractivity contribution in [3.63, 3.8) is 0 Å². The number of carbonyl (C=O) groups excluding carboxylic acids is 2. The summed E-state index contributed by atoms with van der Waals surface area (Å²) < 4.78 is 1.73. The Kier molecular flexibility index (Phi) is 6.52. The fraction of sp³-hybridized carbons (Fsp3) is 0.421. The minimum atomic E-state index is -0.521. The SMILES string of the molecule is Cc1ccc(NC(=O)NC(=O)CN(Cc2cnn(C)c2)C(C)C)c(C)c1. The molecule has 0 saturated heterocycles. The zero-order valence-corrected chi connectivity index (χ0v) is 16.0. The maximum atomic E-state index is 12.3. The highest BCUT2D eigenvalue weighted by Crippen LogP contribution is 2.15. The van der Waals surface area contributed by atoms with Crippen LogP contribution in [-0.4, -0.2) is 39.2 Å². The third-order valence-corrected chi connectivity index (χ3v) is 4.10. The molecule has 140 valence electrons. The molecule has 2 aromatic rings. The Morgan fingerprint density at radius 2 is 2.00 bits per heavy atom. The number of aryl methyl sites for hydroxylation is 3. The number of carbonyl (C=O) groups is 2. The van der Waals surface area contributed by atoms with Crippen LogP contribution < -0.4 is 10.6 Å². The van der Waals surface area contributed by atoms with Crippen molar-refractivity contribution in [3.8, 4) is 0 Å². The van der Waals surface area contributed by atoms with Crippen LogP contribution in [0.1, 0.15) is 30.5 Å². The first-order chi connectivity index (χ1) is 12.2. The summed E-state index contributed by atoms with van der Waals surface area (Å²) in [4.78, 5) is 26.3. The number of hydrogen-bond acceptors (Lipinski definition) is 4. The van der Waals surface area contributed by atoms with Crippen LogP contribution in [0.3, 0.4) is 0 Å². The highest BCUT2D eigenvalue weighted by molar-refractivity contribution is 6.02. The van der Waals surface area contributed by atoms with E-state index < -0.39 is 6.03 Å². The number of hydrogen-bond donors (Lipinski definition) is 2. The number of imide groups is 1. The molecule has 1 aromatic carbocycles. The van der Waals surface area contributed by atoms with Gasteiger partial charge in [-0.15, -0.1) is 0 Å². The van der Waals surface area contributed by atoms with Gasteiger partial charge in [0.15, 0.2) is 0 Å². The van der Waals surface area contributed by atoms with E-state index in [2.05, 4.69) is 15.7 Å². The molecule has 0 fully saturated rings. The maximum Gasteiger partial charge on any atom is 0.325 e. The second-order valence-corrected chi connectivity index (χ2v) is 6.84. The summed E-state index contributed by atoms with van der Waals surface area (Å²) in [7, 11) is 1.85. The monoisotopic (exact) mass is 357 g/mol. The average molecular weight is 357 g/mol. The van der Waals surface area contributed by atoms with Gasteiger partial charge in [-0.3, -0.25) is 19.7 Å². The van der Waals surface area contributed by atoms with Crippen molar-refractivity contribution in [1.82, 2.24) is 20.0 Å². The Bertz CT molecular complexity index is 782. The molecule has 0 aliphatic heterocycles. The van der Waals surface area contributed by atoms with Crippen LogP contribution in [0.4, 0.5) is 10.5 Å². The van der Waals surface area contributed by atoms with E-state index in [1.807, 2.05) is 64.0 Å². The summed E-state index contributed by atoms with van der Waals surface area (Å²) in [6.07, 6.45) is 3.69. The van der Waals surface area contributed by atoms with Gasteiger partial charge in [0, 0.05) is 37.1 Å². The summed E-state index contributed by atoms with van der Waals surface area (Å²) in [6, 6.07) is 5.36. The standard InChI is InChI=1S/C19H27N5O2/c1-13(2)24(11-16-9-20-23(5)10-16)12-18(25)22-19(26)21-17-7-6-14(3)8-15(17)4/h6-10,13H,11-12H2,1-5H3,(H2,21,22,25,26). The predicted octanol–water partition coefficient (Wildman–Crippen LogP) is 2.60. The van der Waals surface area contributed by atoms with E-state index >= 15 is 0 Å². The fourth-order valence-corrected chi connectivity index (χ4v) is 2.67. The Balaban J connectivity index is 1.91. The molecule has 2 N–H and O–H groups in total. The lowest BCUT2D eigenvalue weighted by Crippen LogP contribution is -2.43. The number of rotatable bonds is 6. The predicted molar refractivity (Wildman–Crippen MR) is 102 cm³/mol. The molecule has 0 aliphatic carbocycles. The Labute approximate surface area is 154 Å². The summed E-state index contributed by atoms with van der Waals surface area (Å²) in [5, 5.41) is 9.26. The van der Waals surface area contributed by atoms with Gasteiger partial charge in [0.05, 0.1) is 12.7 Å². The van der Waals surface area contributed by atoms with Crippen LogP contribution in [0.2, 0.25) is 0 Å². The summed E-state index contributed by atoms with van der Waals surface area (Å²) in [5.41, 5.74) is 3.78. The summed E-state index contributed by atoms with van der Waals surface area (Å²) >= 11 is 0. The van der Waals surface area contributed by atoms with Crippen LogP contribution in [0.5, 0.6) is 0 Å². The molecule has 0 bridgehead atoms. The van der Waals surface area contributed by atoms with Gasteiger partial charge in [0.1, 0.15) is 0 Å². The van der Waals surface area contributed by atoms with E-state index in [1.54, 1.807) is 10.9 Å². The van der Waals surface area contributed by atoms with E-state index in [-0.39, 0.29) is 18.5 Å². The number of nitrogens with zero attached hydrogens (tertiary/aromatic N) is 3. The van der Waals surface area contributed by atoms with Crippen LogP contribution >= 0.6 is 0 Å². The largest absolute Gasteiger partial charge is 0.325 e. The van der Waals surface area contributed by atoms with Crippen molar-refractivity contribution < 1.29 is 9.59 Å². The molecule has 0 spiro atoms. The molecule has 26 heavy (non-hydrogen) atoms. The van der Waals surface area contributed by atoms with Crippen molar-refractivity contribution in [3.05, 3.63) is 47.3 Å². The Hall–Kier alpha value is -2.67. The van der Waals surface area contributed by atoms with Crippen molar-refractivity contribution in [2.24, 2.45) is 7.05 Å². The molecule has 0 aliphatic rings. The van der Waals surface area contributed by atoms with Crippen molar-refractivity contribution in [2.45, 2.75) is 40.3 Å². The maximum absolute atomic E-state index is 12.3. The van der Waals surface area contributed by atoms with E-state index in [4.69, 9.17) is 0 Å². The minimum Gasteiger partial charge on any atom is -0.307 e.